The lowest BCUT2D eigenvalue weighted by molar-refractivity contribution is -0.771. The Labute approximate surface area is 157 Å². The van der Waals surface area contributed by atoms with Crippen molar-refractivity contribution in [1.82, 2.24) is 0 Å². The van der Waals surface area contributed by atoms with Gasteiger partial charge >= 0.3 is 5.97 Å². The smallest absolute Gasteiger partial charge is 0.308 e. The Kier molecular flexibility index (Phi) is 4.37. The van der Waals surface area contributed by atoms with Crippen LogP contribution >= 0.6 is 0 Å². The van der Waals surface area contributed by atoms with E-state index in [4.69, 9.17) is 9.57 Å². The molecule has 4 rings (SSSR count). The Hall–Kier alpha value is -2.15. The summed E-state index contributed by atoms with van der Waals surface area (Å²) in [5.41, 5.74) is 1.78. The highest BCUT2D eigenvalue weighted by Crippen LogP contribution is 2.61. The summed E-state index contributed by atoms with van der Waals surface area (Å²) < 4.78 is 5.20. The molecular formula is C20H25NO6. The lowest BCUT2D eigenvalue weighted by Crippen LogP contribution is -2.51. The van der Waals surface area contributed by atoms with Crippen LogP contribution in [0.4, 0.5) is 0 Å². The van der Waals surface area contributed by atoms with Gasteiger partial charge in [0.2, 0.25) is 0 Å². The van der Waals surface area contributed by atoms with Crippen LogP contribution in [0.3, 0.4) is 0 Å². The molecule has 0 amide bonds. The van der Waals surface area contributed by atoms with Crippen molar-refractivity contribution in [2.24, 2.45) is 17.3 Å². The maximum atomic E-state index is 11.2. The summed E-state index contributed by atoms with van der Waals surface area (Å²) in [5, 5.41) is 21.0. The highest BCUT2D eigenvalue weighted by molar-refractivity contribution is 5.69. The first-order chi connectivity index (χ1) is 12.8. The second kappa shape index (κ2) is 6.48. The SMILES string of the molecule is CC(=O)Oc1ccc2c(c1)CCC1C2C(O[N+](=O)[O-])CC2(C)C(O)CCC12. The van der Waals surface area contributed by atoms with Gasteiger partial charge in [0, 0.05) is 12.8 Å². The standard InChI is InChI=1S/C20H25NO6/c1-11(22)26-13-4-6-14-12(9-13)3-5-15-16-7-8-18(23)20(16,2)10-17(19(14)15)27-21(24)25/h4,6,9,15-19,23H,3,5,7-8,10H2,1-2H3. The number of nitrogens with zero attached hydrogens (tertiary/aromatic N) is 1. The molecule has 7 nitrogen and oxygen atoms in total. The second-order valence-corrected chi connectivity index (χ2v) is 8.46. The predicted octanol–water partition coefficient (Wildman–Crippen LogP) is 3.02. The molecule has 2 saturated carbocycles. The van der Waals surface area contributed by atoms with Gasteiger partial charge in [-0.3, -0.25) is 4.79 Å². The molecule has 0 radical (unpaired) electrons. The summed E-state index contributed by atoms with van der Waals surface area (Å²) in [6.45, 7) is 3.42. The van der Waals surface area contributed by atoms with Crippen molar-refractivity contribution in [3.63, 3.8) is 0 Å². The molecule has 2 fully saturated rings. The molecule has 0 bridgehead atoms. The monoisotopic (exact) mass is 375 g/mol. The van der Waals surface area contributed by atoms with Crippen molar-refractivity contribution in [1.29, 1.82) is 0 Å². The summed E-state index contributed by atoms with van der Waals surface area (Å²) in [7, 11) is 0. The Morgan fingerprint density at radius 2 is 2.11 bits per heavy atom. The number of aliphatic hydroxyl groups is 1. The van der Waals surface area contributed by atoms with E-state index < -0.39 is 17.3 Å². The fraction of sp³-hybridized carbons (Fsp3) is 0.650. The minimum Gasteiger partial charge on any atom is -0.427 e. The third-order valence-corrected chi connectivity index (χ3v) is 7.08. The first kappa shape index (κ1) is 18.2. The van der Waals surface area contributed by atoms with Crippen LogP contribution in [0.1, 0.15) is 56.6 Å². The molecule has 0 heterocycles. The molecule has 1 N–H and O–H groups in total. The van der Waals surface area contributed by atoms with E-state index in [1.807, 2.05) is 12.1 Å². The highest BCUT2D eigenvalue weighted by Gasteiger charge is 2.58. The molecule has 3 aliphatic carbocycles. The van der Waals surface area contributed by atoms with E-state index in [1.165, 1.54) is 6.92 Å². The van der Waals surface area contributed by atoms with Crippen LogP contribution in [0.2, 0.25) is 0 Å². The minimum atomic E-state index is -0.700. The van der Waals surface area contributed by atoms with Crippen LogP contribution in [0.15, 0.2) is 18.2 Å². The third-order valence-electron chi connectivity index (χ3n) is 7.08. The van der Waals surface area contributed by atoms with Crippen LogP contribution < -0.4 is 4.74 Å². The number of hydrogen-bond acceptors (Lipinski definition) is 6. The second-order valence-electron chi connectivity index (χ2n) is 8.46. The number of fused-ring (bicyclic) bond motifs is 5. The van der Waals surface area contributed by atoms with Crippen molar-refractivity contribution >= 4 is 5.97 Å². The van der Waals surface area contributed by atoms with Crippen molar-refractivity contribution in [3.05, 3.63) is 39.4 Å². The summed E-state index contributed by atoms with van der Waals surface area (Å²) >= 11 is 0. The average molecular weight is 375 g/mol. The largest absolute Gasteiger partial charge is 0.427 e. The summed E-state index contributed by atoms with van der Waals surface area (Å²) in [5.74, 6) is 0.646. The van der Waals surface area contributed by atoms with E-state index in [9.17, 15) is 20.0 Å². The molecule has 0 saturated heterocycles. The van der Waals surface area contributed by atoms with Gasteiger partial charge < -0.3 is 14.7 Å². The van der Waals surface area contributed by atoms with Crippen molar-refractivity contribution in [3.8, 4) is 5.75 Å². The van der Waals surface area contributed by atoms with Gasteiger partial charge in [0.05, 0.1) is 6.10 Å². The molecule has 146 valence electrons. The Bertz CT molecular complexity index is 780. The fourth-order valence-electron chi connectivity index (χ4n) is 6.02. The molecule has 7 heteroatoms. The topological polar surface area (TPSA) is 98.9 Å². The van der Waals surface area contributed by atoms with Gasteiger partial charge in [-0.25, -0.2) is 0 Å². The van der Waals surface area contributed by atoms with Gasteiger partial charge in [-0.15, -0.1) is 10.1 Å². The van der Waals surface area contributed by atoms with Crippen LogP contribution in [-0.4, -0.2) is 28.4 Å². The molecule has 1 aromatic rings. The van der Waals surface area contributed by atoms with Crippen LogP contribution in [0.5, 0.6) is 5.75 Å². The summed E-state index contributed by atoms with van der Waals surface area (Å²) in [6, 6.07) is 5.55. The quantitative estimate of drug-likeness (QED) is 0.377. The van der Waals surface area contributed by atoms with Gasteiger partial charge in [-0.2, -0.15) is 0 Å². The molecule has 6 unspecified atom stereocenters. The molecule has 0 spiro atoms. The normalized spacial score (nSPS) is 36.9. The van der Waals surface area contributed by atoms with Crippen molar-refractivity contribution < 1.29 is 24.6 Å². The summed E-state index contributed by atoms with van der Waals surface area (Å²) in [4.78, 5) is 27.6. The molecule has 3 aliphatic rings. The van der Waals surface area contributed by atoms with E-state index in [2.05, 4.69) is 6.92 Å². The predicted molar refractivity (Wildman–Crippen MR) is 95.6 cm³/mol. The van der Waals surface area contributed by atoms with E-state index in [-0.39, 0.29) is 23.2 Å². The molecule has 6 atom stereocenters. The van der Waals surface area contributed by atoms with Crippen LogP contribution in [0.25, 0.3) is 0 Å². The van der Waals surface area contributed by atoms with Gasteiger partial charge in [0.15, 0.2) is 0 Å². The molecule has 1 aromatic carbocycles. The van der Waals surface area contributed by atoms with Gasteiger partial charge in [0.25, 0.3) is 5.09 Å². The first-order valence-corrected chi connectivity index (χ1v) is 9.60. The summed E-state index contributed by atoms with van der Waals surface area (Å²) in [6.07, 6.45) is 2.89. The van der Waals surface area contributed by atoms with Crippen LogP contribution in [0, 0.1) is 27.4 Å². The minimum absolute atomic E-state index is 0.0751. The number of carbonyl (C=O) groups is 1. The fourth-order valence-corrected chi connectivity index (χ4v) is 6.02. The number of ether oxygens (including phenoxy) is 1. The zero-order valence-corrected chi connectivity index (χ0v) is 15.6. The van der Waals surface area contributed by atoms with E-state index in [0.29, 0.717) is 18.1 Å². The lowest BCUT2D eigenvalue weighted by Gasteiger charge is -2.52. The number of hydrogen-bond donors (Lipinski definition) is 1. The average Bonchev–Trinajstić information content (AvgIpc) is 2.88. The molecule has 0 aromatic heterocycles. The number of esters is 1. The number of carbonyl (C=O) groups excluding carboxylic acids is 1. The third kappa shape index (κ3) is 2.98. The number of aryl methyl sites for hydroxylation is 1. The lowest BCUT2D eigenvalue weighted by atomic mass is 9.54. The Morgan fingerprint density at radius 3 is 2.81 bits per heavy atom. The number of rotatable bonds is 3. The van der Waals surface area contributed by atoms with E-state index >= 15 is 0 Å². The zero-order chi connectivity index (χ0) is 19.3. The zero-order valence-electron chi connectivity index (χ0n) is 15.6. The van der Waals surface area contributed by atoms with E-state index in [0.717, 1.165) is 36.8 Å². The van der Waals surface area contributed by atoms with Crippen molar-refractivity contribution in [2.45, 2.75) is 64.1 Å². The Balaban J connectivity index is 1.73. The first-order valence-electron chi connectivity index (χ1n) is 9.60. The van der Waals surface area contributed by atoms with Crippen LogP contribution in [-0.2, 0) is 16.1 Å². The maximum absolute atomic E-state index is 11.2. The van der Waals surface area contributed by atoms with Gasteiger partial charge in [-0.1, -0.05) is 13.0 Å². The molecule has 27 heavy (non-hydrogen) atoms. The molecule has 0 aliphatic heterocycles. The maximum Gasteiger partial charge on any atom is 0.308 e. The molecular weight excluding hydrogens is 350 g/mol. The van der Waals surface area contributed by atoms with Gasteiger partial charge in [-0.05, 0) is 72.6 Å². The highest BCUT2D eigenvalue weighted by atomic mass is 17.0. The number of benzene rings is 1. The van der Waals surface area contributed by atoms with Gasteiger partial charge in [0.1, 0.15) is 11.9 Å². The van der Waals surface area contributed by atoms with Crippen molar-refractivity contribution in [2.75, 3.05) is 0 Å². The Morgan fingerprint density at radius 1 is 1.33 bits per heavy atom. The van der Waals surface area contributed by atoms with E-state index in [1.54, 1.807) is 6.07 Å². The number of aliphatic hydroxyl groups excluding tert-OH is 1.